The highest BCUT2D eigenvalue weighted by atomic mass is 16.5. The van der Waals surface area contributed by atoms with Gasteiger partial charge in [0.15, 0.2) is 0 Å². The van der Waals surface area contributed by atoms with Gasteiger partial charge in [-0.2, -0.15) is 0 Å². The molecule has 0 radical (unpaired) electrons. The number of esters is 1. The van der Waals surface area contributed by atoms with Crippen LogP contribution in [0.5, 0.6) is 0 Å². The Morgan fingerprint density at radius 2 is 2.12 bits per heavy atom. The van der Waals surface area contributed by atoms with Crippen LogP contribution in [0, 0.1) is 0 Å². The number of hydrogen-bond donors (Lipinski definition) is 1. The van der Waals surface area contributed by atoms with Gasteiger partial charge < -0.3 is 9.84 Å². The molecule has 16 heavy (non-hydrogen) atoms. The Labute approximate surface area is 96.1 Å². The average Bonchev–Trinajstić information content (AvgIpc) is 2.33. The minimum Gasteiger partial charge on any atom is -0.460 e. The standard InChI is InChI=1S/C13H18O3/c1-2-3-6-11-7-4-5-8-12(11)13(15)16-10-9-14/h4-5,7-8,14H,2-3,6,9-10H2,1H3. The molecule has 0 atom stereocenters. The van der Waals surface area contributed by atoms with Gasteiger partial charge in [-0.05, 0) is 24.5 Å². The molecule has 1 aromatic rings. The van der Waals surface area contributed by atoms with Crippen molar-refractivity contribution in [2.24, 2.45) is 0 Å². The van der Waals surface area contributed by atoms with Crippen molar-refractivity contribution in [1.29, 1.82) is 0 Å². The fraction of sp³-hybridized carbons (Fsp3) is 0.462. The van der Waals surface area contributed by atoms with E-state index in [9.17, 15) is 4.79 Å². The summed E-state index contributed by atoms with van der Waals surface area (Å²) in [6.45, 7) is 2.04. The molecule has 0 unspecified atom stereocenters. The number of unbranched alkanes of at least 4 members (excludes halogenated alkanes) is 1. The molecule has 0 saturated carbocycles. The predicted octanol–water partition coefficient (Wildman–Crippen LogP) is 2.18. The van der Waals surface area contributed by atoms with Crippen LogP contribution in [0.3, 0.4) is 0 Å². The van der Waals surface area contributed by atoms with E-state index in [1.54, 1.807) is 6.07 Å². The van der Waals surface area contributed by atoms with Crippen molar-refractivity contribution < 1.29 is 14.6 Å². The molecular formula is C13H18O3. The molecule has 0 heterocycles. The van der Waals surface area contributed by atoms with E-state index >= 15 is 0 Å². The van der Waals surface area contributed by atoms with Crippen LogP contribution in [-0.4, -0.2) is 24.3 Å². The molecule has 88 valence electrons. The number of hydrogen-bond acceptors (Lipinski definition) is 3. The van der Waals surface area contributed by atoms with Gasteiger partial charge >= 0.3 is 5.97 Å². The number of ether oxygens (including phenoxy) is 1. The second-order valence-corrected chi connectivity index (χ2v) is 3.62. The number of aliphatic hydroxyl groups is 1. The van der Waals surface area contributed by atoms with Crippen LogP contribution in [-0.2, 0) is 11.2 Å². The van der Waals surface area contributed by atoms with Gasteiger partial charge in [-0.1, -0.05) is 31.5 Å². The van der Waals surface area contributed by atoms with Gasteiger partial charge in [0, 0.05) is 0 Å². The maximum atomic E-state index is 11.7. The van der Waals surface area contributed by atoms with Gasteiger partial charge in [0.1, 0.15) is 6.61 Å². The Kier molecular flexibility index (Phi) is 5.57. The number of carbonyl (C=O) groups is 1. The van der Waals surface area contributed by atoms with Crippen LogP contribution in [0.2, 0.25) is 0 Å². The van der Waals surface area contributed by atoms with Crippen molar-refractivity contribution in [3.8, 4) is 0 Å². The zero-order valence-corrected chi connectivity index (χ0v) is 9.61. The fourth-order valence-corrected chi connectivity index (χ4v) is 1.52. The minimum atomic E-state index is -0.347. The van der Waals surface area contributed by atoms with Crippen LogP contribution >= 0.6 is 0 Å². The Morgan fingerprint density at radius 3 is 2.81 bits per heavy atom. The van der Waals surface area contributed by atoms with Crippen LogP contribution in [0.1, 0.15) is 35.7 Å². The first-order chi connectivity index (χ1) is 7.79. The molecule has 0 saturated heterocycles. The molecule has 0 amide bonds. The predicted molar refractivity (Wildman–Crippen MR) is 62.4 cm³/mol. The molecule has 0 aliphatic heterocycles. The minimum absolute atomic E-state index is 0.0565. The van der Waals surface area contributed by atoms with E-state index in [1.165, 1.54) is 0 Å². The number of rotatable bonds is 6. The highest BCUT2D eigenvalue weighted by molar-refractivity contribution is 5.91. The summed E-state index contributed by atoms with van der Waals surface area (Å²) in [5.74, 6) is -0.347. The van der Waals surface area contributed by atoms with Crippen LogP contribution in [0.15, 0.2) is 24.3 Å². The summed E-state index contributed by atoms with van der Waals surface area (Å²) in [5.41, 5.74) is 1.64. The first kappa shape index (κ1) is 12.7. The summed E-state index contributed by atoms with van der Waals surface area (Å²) < 4.78 is 4.91. The number of aliphatic hydroxyl groups excluding tert-OH is 1. The Balaban J connectivity index is 2.73. The Bertz CT molecular complexity index is 334. The zero-order valence-electron chi connectivity index (χ0n) is 9.61. The molecule has 3 heteroatoms. The molecule has 3 nitrogen and oxygen atoms in total. The smallest absolute Gasteiger partial charge is 0.338 e. The SMILES string of the molecule is CCCCc1ccccc1C(=O)OCCO. The third-order valence-electron chi connectivity index (χ3n) is 2.36. The quantitative estimate of drug-likeness (QED) is 0.750. The van der Waals surface area contributed by atoms with Gasteiger partial charge in [0.25, 0.3) is 0 Å². The number of carbonyl (C=O) groups excluding carboxylic acids is 1. The van der Waals surface area contributed by atoms with E-state index in [2.05, 4.69) is 6.92 Å². The number of benzene rings is 1. The maximum Gasteiger partial charge on any atom is 0.338 e. The third-order valence-corrected chi connectivity index (χ3v) is 2.36. The largest absolute Gasteiger partial charge is 0.460 e. The van der Waals surface area contributed by atoms with E-state index in [4.69, 9.17) is 9.84 Å². The van der Waals surface area contributed by atoms with E-state index < -0.39 is 0 Å². The van der Waals surface area contributed by atoms with Crippen LogP contribution in [0.4, 0.5) is 0 Å². The van der Waals surface area contributed by atoms with Crippen molar-refractivity contribution in [1.82, 2.24) is 0 Å². The van der Waals surface area contributed by atoms with E-state index in [0.29, 0.717) is 5.56 Å². The second-order valence-electron chi connectivity index (χ2n) is 3.62. The van der Waals surface area contributed by atoms with Crippen molar-refractivity contribution in [3.05, 3.63) is 35.4 Å². The van der Waals surface area contributed by atoms with Crippen LogP contribution < -0.4 is 0 Å². The molecule has 1 aromatic carbocycles. The lowest BCUT2D eigenvalue weighted by atomic mass is 10.0. The third kappa shape index (κ3) is 3.66. The summed E-state index contributed by atoms with van der Waals surface area (Å²) in [5, 5.41) is 8.60. The van der Waals surface area contributed by atoms with Crippen molar-refractivity contribution in [2.75, 3.05) is 13.2 Å². The van der Waals surface area contributed by atoms with Gasteiger partial charge in [-0.3, -0.25) is 0 Å². The average molecular weight is 222 g/mol. The van der Waals surface area contributed by atoms with Gasteiger partial charge in [-0.15, -0.1) is 0 Å². The molecular weight excluding hydrogens is 204 g/mol. The first-order valence-corrected chi connectivity index (χ1v) is 5.65. The monoisotopic (exact) mass is 222 g/mol. The lowest BCUT2D eigenvalue weighted by Crippen LogP contribution is -2.11. The molecule has 0 bridgehead atoms. The Hall–Kier alpha value is -1.35. The molecule has 0 aromatic heterocycles. The summed E-state index contributed by atoms with van der Waals surface area (Å²) in [6.07, 6.45) is 3.05. The highest BCUT2D eigenvalue weighted by Crippen LogP contribution is 2.13. The van der Waals surface area contributed by atoms with E-state index in [1.807, 2.05) is 18.2 Å². The van der Waals surface area contributed by atoms with E-state index in [-0.39, 0.29) is 19.2 Å². The second kappa shape index (κ2) is 7.01. The summed E-state index contributed by atoms with van der Waals surface area (Å²) in [4.78, 5) is 11.7. The normalized spacial score (nSPS) is 10.1. The van der Waals surface area contributed by atoms with Crippen molar-refractivity contribution in [2.45, 2.75) is 26.2 Å². The Morgan fingerprint density at radius 1 is 1.38 bits per heavy atom. The van der Waals surface area contributed by atoms with Crippen LogP contribution in [0.25, 0.3) is 0 Å². The fourth-order valence-electron chi connectivity index (χ4n) is 1.52. The molecule has 0 fully saturated rings. The lowest BCUT2D eigenvalue weighted by Gasteiger charge is -2.08. The lowest BCUT2D eigenvalue weighted by molar-refractivity contribution is 0.0432. The zero-order chi connectivity index (χ0) is 11.8. The molecule has 0 spiro atoms. The van der Waals surface area contributed by atoms with Gasteiger partial charge in [0.05, 0.1) is 12.2 Å². The summed E-state index contributed by atoms with van der Waals surface area (Å²) >= 11 is 0. The van der Waals surface area contributed by atoms with Gasteiger partial charge in [0.2, 0.25) is 0 Å². The summed E-state index contributed by atoms with van der Waals surface area (Å²) in [7, 11) is 0. The van der Waals surface area contributed by atoms with E-state index in [0.717, 1.165) is 24.8 Å². The topological polar surface area (TPSA) is 46.5 Å². The number of aryl methyl sites for hydroxylation is 1. The molecule has 0 aliphatic rings. The molecule has 0 aliphatic carbocycles. The maximum absolute atomic E-state index is 11.7. The molecule has 1 rings (SSSR count). The highest BCUT2D eigenvalue weighted by Gasteiger charge is 2.11. The summed E-state index contributed by atoms with van der Waals surface area (Å²) in [6, 6.07) is 7.47. The molecule has 1 N–H and O–H groups in total. The van der Waals surface area contributed by atoms with Crippen molar-refractivity contribution >= 4 is 5.97 Å². The first-order valence-electron chi connectivity index (χ1n) is 5.65. The van der Waals surface area contributed by atoms with Gasteiger partial charge in [-0.25, -0.2) is 4.79 Å². The van der Waals surface area contributed by atoms with Crippen molar-refractivity contribution in [3.63, 3.8) is 0 Å².